The van der Waals surface area contributed by atoms with E-state index >= 15 is 0 Å². The number of ether oxygens (including phenoxy) is 1. The highest BCUT2D eigenvalue weighted by atomic mass is 32.2. The van der Waals surface area contributed by atoms with E-state index in [4.69, 9.17) is 4.74 Å². The standard InChI is InChI=1S/C11H18N4O2S/c1-4-6-15-9(2)13-14-11(15)18-8-10(16)12-5-7-17-3/h4H,1,5-8H2,2-3H3,(H,12,16). The first kappa shape index (κ1) is 14.7. The maximum Gasteiger partial charge on any atom is 0.230 e. The fourth-order valence-electron chi connectivity index (χ4n) is 1.28. The lowest BCUT2D eigenvalue weighted by Crippen LogP contribution is -2.28. The van der Waals surface area contributed by atoms with E-state index < -0.39 is 0 Å². The van der Waals surface area contributed by atoms with Gasteiger partial charge in [-0.05, 0) is 6.92 Å². The first-order valence-corrected chi connectivity index (χ1v) is 6.56. The Labute approximate surface area is 111 Å². The molecule has 100 valence electrons. The lowest BCUT2D eigenvalue weighted by atomic mass is 10.6. The average Bonchev–Trinajstić information content (AvgIpc) is 2.69. The average molecular weight is 270 g/mol. The second kappa shape index (κ2) is 7.88. The molecule has 0 atom stereocenters. The van der Waals surface area contributed by atoms with Crippen molar-refractivity contribution in [3.8, 4) is 0 Å². The number of nitrogens with zero attached hydrogens (tertiary/aromatic N) is 3. The first-order chi connectivity index (χ1) is 8.69. The number of carbonyl (C=O) groups excluding carboxylic acids is 1. The lowest BCUT2D eigenvalue weighted by Gasteiger charge is -2.06. The predicted octanol–water partition coefficient (Wildman–Crippen LogP) is 0.627. The molecule has 1 N–H and O–H groups in total. The van der Waals surface area contributed by atoms with Gasteiger partial charge in [0.25, 0.3) is 0 Å². The van der Waals surface area contributed by atoms with E-state index in [1.165, 1.54) is 11.8 Å². The molecule has 0 aliphatic rings. The minimum absolute atomic E-state index is 0.0390. The van der Waals surface area contributed by atoms with Crippen LogP contribution in [0.25, 0.3) is 0 Å². The highest BCUT2D eigenvalue weighted by Crippen LogP contribution is 2.16. The zero-order valence-corrected chi connectivity index (χ0v) is 11.5. The number of aryl methyl sites for hydroxylation is 1. The first-order valence-electron chi connectivity index (χ1n) is 5.58. The fourth-order valence-corrected chi connectivity index (χ4v) is 2.10. The van der Waals surface area contributed by atoms with E-state index in [9.17, 15) is 4.79 Å². The fraction of sp³-hybridized carbons (Fsp3) is 0.545. The van der Waals surface area contributed by atoms with Crippen molar-refractivity contribution in [2.24, 2.45) is 0 Å². The maximum atomic E-state index is 11.5. The van der Waals surface area contributed by atoms with Gasteiger partial charge in [0.1, 0.15) is 5.82 Å². The van der Waals surface area contributed by atoms with Gasteiger partial charge in [0.15, 0.2) is 5.16 Å². The van der Waals surface area contributed by atoms with Crippen LogP contribution in [0, 0.1) is 6.92 Å². The maximum absolute atomic E-state index is 11.5. The molecule has 0 saturated heterocycles. The molecule has 0 spiro atoms. The third kappa shape index (κ3) is 4.50. The van der Waals surface area contributed by atoms with E-state index in [2.05, 4.69) is 22.1 Å². The number of hydrogen-bond donors (Lipinski definition) is 1. The molecule has 1 rings (SSSR count). The zero-order chi connectivity index (χ0) is 13.4. The molecule has 18 heavy (non-hydrogen) atoms. The van der Waals surface area contributed by atoms with Gasteiger partial charge in [0.05, 0.1) is 12.4 Å². The summed E-state index contributed by atoms with van der Waals surface area (Å²) in [4.78, 5) is 11.5. The van der Waals surface area contributed by atoms with Crippen LogP contribution in [-0.4, -0.2) is 46.7 Å². The quantitative estimate of drug-likeness (QED) is 0.426. The Morgan fingerprint density at radius 1 is 1.61 bits per heavy atom. The van der Waals surface area contributed by atoms with E-state index in [1.54, 1.807) is 13.2 Å². The van der Waals surface area contributed by atoms with E-state index in [0.717, 1.165) is 11.0 Å². The van der Waals surface area contributed by atoms with E-state index in [0.29, 0.717) is 25.4 Å². The van der Waals surface area contributed by atoms with Crippen LogP contribution < -0.4 is 5.32 Å². The molecule has 0 bridgehead atoms. The number of aromatic nitrogens is 3. The minimum Gasteiger partial charge on any atom is -0.383 e. The number of rotatable bonds is 8. The summed E-state index contributed by atoms with van der Waals surface area (Å²) in [6, 6.07) is 0. The predicted molar refractivity (Wildman–Crippen MR) is 70.6 cm³/mol. The van der Waals surface area contributed by atoms with Crippen LogP contribution >= 0.6 is 11.8 Å². The number of methoxy groups -OCH3 is 1. The molecule has 1 aromatic rings. The molecule has 0 aromatic carbocycles. The molecule has 6 nitrogen and oxygen atoms in total. The largest absolute Gasteiger partial charge is 0.383 e. The number of carbonyl (C=O) groups is 1. The van der Waals surface area contributed by atoms with Crippen LogP contribution in [0.1, 0.15) is 5.82 Å². The normalized spacial score (nSPS) is 10.3. The third-order valence-corrected chi connectivity index (χ3v) is 3.14. The molecule has 0 radical (unpaired) electrons. The molecule has 7 heteroatoms. The molecule has 0 fully saturated rings. The second-order valence-electron chi connectivity index (χ2n) is 3.56. The van der Waals surface area contributed by atoms with Gasteiger partial charge in [-0.15, -0.1) is 16.8 Å². The van der Waals surface area contributed by atoms with Gasteiger partial charge in [-0.1, -0.05) is 17.8 Å². The second-order valence-corrected chi connectivity index (χ2v) is 4.50. The Bertz CT molecular complexity index is 406. The summed E-state index contributed by atoms with van der Waals surface area (Å²) in [5.74, 6) is 1.10. The van der Waals surface area contributed by atoms with Gasteiger partial charge in [0.2, 0.25) is 5.91 Å². The Morgan fingerprint density at radius 2 is 2.39 bits per heavy atom. The molecule has 0 aliphatic heterocycles. The molecule has 0 unspecified atom stereocenters. The molecular weight excluding hydrogens is 252 g/mol. The molecule has 1 amide bonds. The Kier molecular flexibility index (Phi) is 6.45. The zero-order valence-electron chi connectivity index (χ0n) is 10.7. The van der Waals surface area contributed by atoms with Crippen LogP contribution in [0.4, 0.5) is 0 Å². The van der Waals surface area contributed by atoms with Gasteiger partial charge in [-0.2, -0.15) is 0 Å². The number of allylic oxidation sites excluding steroid dienone is 1. The Morgan fingerprint density at radius 3 is 3.06 bits per heavy atom. The summed E-state index contributed by atoms with van der Waals surface area (Å²) in [5.41, 5.74) is 0. The highest BCUT2D eigenvalue weighted by molar-refractivity contribution is 7.99. The highest BCUT2D eigenvalue weighted by Gasteiger charge is 2.10. The van der Waals surface area contributed by atoms with Crippen molar-refractivity contribution in [3.05, 3.63) is 18.5 Å². The van der Waals surface area contributed by atoms with Crippen molar-refractivity contribution < 1.29 is 9.53 Å². The molecule has 0 aliphatic carbocycles. The van der Waals surface area contributed by atoms with Crippen LogP contribution in [0.2, 0.25) is 0 Å². The summed E-state index contributed by atoms with van der Waals surface area (Å²) < 4.78 is 6.77. The molecule has 1 aromatic heterocycles. The van der Waals surface area contributed by atoms with Crippen LogP contribution in [0.3, 0.4) is 0 Å². The summed E-state index contributed by atoms with van der Waals surface area (Å²) >= 11 is 1.36. The Hall–Kier alpha value is -1.34. The van der Waals surface area contributed by atoms with E-state index in [-0.39, 0.29) is 5.91 Å². The lowest BCUT2D eigenvalue weighted by molar-refractivity contribution is -0.118. The number of amides is 1. The van der Waals surface area contributed by atoms with Crippen molar-refractivity contribution in [1.29, 1.82) is 0 Å². The summed E-state index contributed by atoms with van der Waals surface area (Å²) in [7, 11) is 1.60. The summed E-state index contributed by atoms with van der Waals surface area (Å²) in [6.45, 7) is 7.24. The van der Waals surface area contributed by atoms with Crippen molar-refractivity contribution in [2.75, 3.05) is 26.0 Å². The molecule has 0 saturated carbocycles. The van der Waals surface area contributed by atoms with Crippen molar-refractivity contribution in [3.63, 3.8) is 0 Å². The van der Waals surface area contributed by atoms with Gasteiger partial charge in [-0.25, -0.2) is 0 Å². The SMILES string of the molecule is C=CCn1c(C)nnc1SCC(=O)NCCOC. The summed E-state index contributed by atoms with van der Waals surface area (Å²) in [6.07, 6.45) is 1.78. The van der Waals surface area contributed by atoms with Crippen molar-refractivity contribution in [2.45, 2.75) is 18.6 Å². The van der Waals surface area contributed by atoms with Gasteiger partial charge < -0.3 is 14.6 Å². The van der Waals surface area contributed by atoms with Crippen LogP contribution in [0.5, 0.6) is 0 Å². The summed E-state index contributed by atoms with van der Waals surface area (Å²) in [5, 5.41) is 11.5. The van der Waals surface area contributed by atoms with Gasteiger partial charge in [-0.3, -0.25) is 4.79 Å². The van der Waals surface area contributed by atoms with Crippen LogP contribution in [-0.2, 0) is 16.1 Å². The van der Waals surface area contributed by atoms with Crippen molar-refractivity contribution >= 4 is 17.7 Å². The number of nitrogens with one attached hydrogen (secondary N) is 1. The molecule has 1 heterocycles. The minimum atomic E-state index is -0.0390. The smallest absolute Gasteiger partial charge is 0.230 e. The molecular formula is C11H18N4O2S. The monoisotopic (exact) mass is 270 g/mol. The van der Waals surface area contributed by atoms with Gasteiger partial charge in [0, 0.05) is 20.2 Å². The van der Waals surface area contributed by atoms with Gasteiger partial charge >= 0.3 is 0 Å². The van der Waals surface area contributed by atoms with Crippen molar-refractivity contribution in [1.82, 2.24) is 20.1 Å². The number of thioether (sulfide) groups is 1. The number of hydrogen-bond acceptors (Lipinski definition) is 5. The Balaban J connectivity index is 2.43. The van der Waals surface area contributed by atoms with Crippen LogP contribution in [0.15, 0.2) is 17.8 Å². The topological polar surface area (TPSA) is 69.0 Å². The van der Waals surface area contributed by atoms with E-state index in [1.807, 2.05) is 11.5 Å². The third-order valence-electron chi connectivity index (χ3n) is 2.17.